The van der Waals surface area contributed by atoms with Gasteiger partial charge in [-0.3, -0.25) is 0 Å². The Kier molecular flexibility index (Phi) is 2.50. The van der Waals surface area contributed by atoms with Crippen LogP contribution in [0.2, 0.25) is 5.02 Å². The molecule has 1 aromatic heterocycles. The van der Waals surface area contributed by atoms with Crippen LogP contribution in [0.5, 0.6) is 11.5 Å². The zero-order valence-electron chi connectivity index (χ0n) is 8.81. The Morgan fingerprint density at radius 1 is 1.18 bits per heavy atom. The molecule has 0 spiro atoms. The average Bonchev–Trinajstić information content (AvgIpc) is 2.78. The van der Waals surface area contributed by atoms with Crippen molar-refractivity contribution in [1.29, 1.82) is 0 Å². The third kappa shape index (κ3) is 1.99. The van der Waals surface area contributed by atoms with E-state index in [1.165, 1.54) is 0 Å². The minimum Gasteiger partial charge on any atom is -0.464 e. The standard InChI is InChI=1S/C14H8ClO2/c15-10-3-1-4-11(9-10)17-14-6-2-5-13-12(14)7-8-16-13/h1-2,4-9H. The first-order valence-corrected chi connectivity index (χ1v) is 5.52. The molecule has 0 unspecified atom stereocenters. The summed E-state index contributed by atoms with van der Waals surface area (Å²) in [5.41, 5.74) is 0.802. The molecule has 1 radical (unpaired) electrons. The lowest BCUT2D eigenvalue weighted by atomic mass is 10.2. The second kappa shape index (κ2) is 4.15. The van der Waals surface area contributed by atoms with E-state index in [9.17, 15) is 0 Å². The number of furan rings is 1. The van der Waals surface area contributed by atoms with Gasteiger partial charge < -0.3 is 9.15 Å². The van der Waals surface area contributed by atoms with E-state index in [0.717, 1.165) is 16.7 Å². The molecule has 0 bridgehead atoms. The highest BCUT2D eigenvalue weighted by molar-refractivity contribution is 6.30. The van der Waals surface area contributed by atoms with E-state index < -0.39 is 0 Å². The van der Waals surface area contributed by atoms with Crippen molar-refractivity contribution in [3.63, 3.8) is 0 Å². The Morgan fingerprint density at radius 3 is 3.00 bits per heavy atom. The molecular weight excluding hydrogens is 236 g/mol. The molecule has 0 fully saturated rings. The van der Waals surface area contributed by atoms with Crippen molar-refractivity contribution in [2.45, 2.75) is 0 Å². The van der Waals surface area contributed by atoms with Gasteiger partial charge in [-0.1, -0.05) is 17.7 Å². The zero-order valence-corrected chi connectivity index (χ0v) is 9.57. The van der Waals surface area contributed by atoms with Crippen LogP contribution in [0.4, 0.5) is 0 Å². The summed E-state index contributed by atoms with van der Waals surface area (Å²) in [4.78, 5) is 0. The summed E-state index contributed by atoms with van der Waals surface area (Å²) in [6.07, 6.45) is 1.64. The van der Waals surface area contributed by atoms with Crippen LogP contribution in [0.25, 0.3) is 11.0 Å². The number of halogens is 1. The normalized spacial score (nSPS) is 10.6. The van der Waals surface area contributed by atoms with Gasteiger partial charge >= 0.3 is 0 Å². The first-order valence-electron chi connectivity index (χ1n) is 5.14. The van der Waals surface area contributed by atoms with Gasteiger partial charge in [-0.2, -0.15) is 0 Å². The summed E-state index contributed by atoms with van der Waals surface area (Å²) in [7, 11) is 0. The summed E-state index contributed by atoms with van der Waals surface area (Å²) in [5, 5.41) is 1.47. The van der Waals surface area contributed by atoms with Crippen LogP contribution in [-0.4, -0.2) is 0 Å². The maximum Gasteiger partial charge on any atom is 0.138 e. The molecule has 17 heavy (non-hydrogen) atoms. The molecule has 3 heteroatoms. The fraction of sp³-hybridized carbons (Fsp3) is 0. The van der Waals surface area contributed by atoms with E-state index in [1.807, 2.05) is 30.3 Å². The fourth-order valence-electron chi connectivity index (χ4n) is 1.66. The van der Waals surface area contributed by atoms with E-state index in [1.54, 1.807) is 18.4 Å². The average molecular weight is 244 g/mol. The van der Waals surface area contributed by atoms with Crippen LogP contribution in [-0.2, 0) is 0 Å². The summed E-state index contributed by atoms with van der Waals surface area (Å²) >= 11 is 5.85. The van der Waals surface area contributed by atoms with Gasteiger partial charge in [0.1, 0.15) is 17.1 Å². The maximum atomic E-state index is 5.85. The first kappa shape index (κ1) is 10.2. The highest BCUT2D eigenvalue weighted by atomic mass is 35.5. The SMILES string of the molecule is Clc1[c]ccc(Oc2cccc3occc23)c1. The summed E-state index contributed by atoms with van der Waals surface area (Å²) in [6.45, 7) is 0. The smallest absolute Gasteiger partial charge is 0.138 e. The monoisotopic (exact) mass is 243 g/mol. The van der Waals surface area contributed by atoms with Crippen molar-refractivity contribution in [3.8, 4) is 11.5 Å². The zero-order chi connectivity index (χ0) is 11.7. The summed E-state index contributed by atoms with van der Waals surface area (Å²) in [5.74, 6) is 1.43. The van der Waals surface area contributed by atoms with Crippen molar-refractivity contribution >= 4 is 22.6 Å². The van der Waals surface area contributed by atoms with Crippen LogP contribution >= 0.6 is 11.6 Å². The Bertz CT molecular complexity index is 658. The van der Waals surface area contributed by atoms with Gasteiger partial charge in [-0.15, -0.1) is 0 Å². The predicted molar refractivity (Wildman–Crippen MR) is 66.6 cm³/mol. The van der Waals surface area contributed by atoms with Gasteiger partial charge in [-0.05, 0) is 30.3 Å². The lowest BCUT2D eigenvalue weighted by Gasteiger charge is -2.06. The third-order valence-electron chi connectivity index (χ3n) is 2.42. The minimum atomic E-state index is 0.530. The van der Waals surface area contributed by atoms with Crippen LogP contribution in [0.1, 0.15) is 0 Å². The predicted octanol–water partition coefficient (Wildman–Crippen LogP) is 4.68. The van der Waals surface area contributed by atoms with Gasteiger partial charge in [0.2, 0.25) is 0 Å². The molecule has 0 amide bonds. The minimum absolute atomic E-state index is 0.530. The third-order valence-corrected chi connectivity index (χ3v) is 2.64. The molecule has 1 heterocycles. The molecule has 0 saturated heterocycles. The summed E-state index contributed by atoms with van der Waals surface area (Å²) in [6, 6.07) is 15.7. The van der Waals surface area contributed by atoms with Gasteiger partial charge in [0.05, 0.1) is 16.7 Å². The number of hydrogen-bond acceptors (Lipinski definition) is 2. The second-order valence-corrected chi connectivity index (χ2v) is 3.97. The molecule has 0 N–H and O–H groups in total. The number of hydrogen-bond donors (Lipinski definition) is 0. The topological polar surface area (TPSA) is 22.4 Å². The van der Waals surface area contributed by atoms with E-state index in [2.05, 4.69) is 6.07 Å². The molecule has 0 aliphatic heterocycles. The quantitative estimate of drug-likeness (QED) is 0.652. The molecule has 3 aromatic rings. The first-order chi connectivity index (χ1) is 8.33. The number of ether oxygens (including phenoxy) is 1. The number of benzene rings is 2. The fourth-order valence-corrected chi connectivity index (χ4v) is 1.83. The highest BCUT2D eigenvalue weighted by Crippen LogP contribution is 2.31. The van der Waals surface area contributed by atoms with E-state index in [4.69, 9.17) is 20.8 Å². The lowest BCUT2D eigenvalue weighted by molar-refractivity contribution is 0.488. The van der Waals surface area contributed by atoms with Crippen molar-refractivity contribution in [3.05, 3.63) is 59.8 Å². The molecule has 0 atom stereocenters. The molecule has 83 valence electrons. The Morgan fingerprint density at radius 2 is 2.12 bits per heavy atom. The lowest BCUT2D eigenvalue weighted by Crippen LogP contribution is -1.84. The highest BCUT2D eigenvalue weighted by Gasteiger charge is 2.05. The molecule has 2 nitrogen and oxygen atoms in total. The van der Waals surface area contributed by atoms with E-state index >= 15 is 0 Å². The van der Waals surface area contributed by atoms with Crippen molar-refractivity contribution in [2.24, 2.45) is 0 Å². The summed E-state index contributed by atoms with van der Waals surface area (Å²) < 4.78 is 11.1. The van der Waals surface area contributed by atoms with Crippen LogP contribution < -0.4 is 4.74 Å². The van der Waals surface area contributed by atoms with Gasteiger partial charge in [-0.25, -0.2) is 0 Å². The Labute approximate surface area is 103 Å². The Hall–Kier alpha value is -1.93. The van der Waals surface area contributed by atoms with Gasteiger partial charge in [0.15, 0.2) is 0 Å². The molecule has 0 aliphatic carbocycles. The molecule has 3 rings (SSSR count). The van der Waals surface area contributed by atoms with Crippen molar-refractivity contribution in [1.82, 2.24) is 0 Å². The van der Waals surface area contributed by atoms with Gasteiger partial charge in [0, 0.05) is 12.1 Å². The second-order valence-electron chi connectivity index (χ2n) is 3.56. The van der Waals surface area contributed by atoms with E-state index in [-0.39, 0.29) is 0 Å². The van der Waals surface area contributed by atoms with Crippen LogP contribution in [0.15, 0.2) is 53.1 Å². The number of fused-ring (bicyclic) bond motifs is 1. The Balaban J connectivity index is 2.02. The van der Waals surface area contributed by atoms with Crippen LogP contribution in [0.3, 0.4) is 0 Å². The van der Waals surface area contributed by atoms with Crippen molar-refractivity contribution in [2.75, 3.05) is 0 Å². The van der Waals surface area contributed by atoms with Gasteiger partial charge in [0.25, 0.3) is 0 Å². The van der Waals surface area contributed by atoms with E-state index in [0.29, 0.717) is 10.8 Å². The molecule has 0 aliphatic rings. The molecule has 2 aromatic carbocycles. The largest absolute Gasteiger partial charge is 0.464 e. The van der Waals surface area contributed by atoms with Crippen molar-refractivity contribution < 1.29 is 9.15 Å². The molecular formula is C14H8ClO2. The maximum absolute atomic E-state index is 5.85. The molecule has 0 saturated carbocycles. The van der Waals surface area contributed by atoms with Crippen LogP contribution in [0, 0.1) is 6.07 Å². The number of rotatable bonds is 2.